The summed E-state index contributed by atoms with van der Waals surface area (Å²) >= 11 is 1.75. The highest BCUT2D eigenvalue weighted by atomic mass is 32.1. The van der Waals surface area contributed by atoms with Crippen molar-refractivity contribution in [2.24, 2.45) is 0 Å². The lowest BCUT2D eigenvalue weighted by Gasteiger charge is -2.28. The lowest BCUT2D eigenvalue weighted by atomic mass is 9.93. The van der Waals surface area contributed by atoms with Gasteiger partial charge in [-0.25, -0.2) is 4.98 Å². The number of nitrogens with one attached hydrogen (secondary N) is 1. The summed E-state index contributed by atoms with van der Waals surface area (Å²) in [7, 11) is 2.05. The minimum atomic E-state index is 0.429. The molecule has 0 amide bonds. The van der Waals surface area contributed by atoms with E-state index < -0.39 is 0 Å². The van der Waals surface area contributed by atoms with E-state index in [9.17, 15) is 0 Å². The van der Waals surface area contributed by atoms with Crippen LogP contribution in [0.25, 0.3) is 0 Å². The van der Waals surface area contributed by atoms with Crippen LogP contribution in [0.1, 0.15) is 56.2 Å². The van der Waals surface area contributed by atoms with Gasteiger partial charge in [0, 0.05) is 17.3 Å². The van der Waals surface area contributed by atoms with E-state index in [1.165, 1.54) is 30.7 Å². The van der Waals surface area contributed by atoms with Crippen molar-refractivity contribution in [2.75, 3.05) is 7.05 Å². The van der Waals surface area contributed by atoms with Crippen molar-refractivity contribution in [1.29, 1.82) is 0 Å². The molecule has 102 valence electrons. The van der Waals surface area contributed by atoms with Crippen molar-refractivity contribution in [3.63, 3.8) is 0 Å². The molecule has 0 aromatic carbocycles. The zero-order chi connectivity index (χ0) is 13.0. The molecule has 3 nitrogen and oxygen atoms in total. The molecule has 0 unspecified atom stereocenters. The lowest BCUT2D eigenvalue weighted by Crippen LogP contribution is -2.32. The van der Waals surface area contributed by atoms with Crippen LogP contribution in [0.4, 0.5) is 0 Å². The van der Waals surface area contributed by atoms with Gasteiger partial charge in [-0.05, 0) is 32.7 Å². The van der Waals surface area contributed by atoms with E-state index in [0.29, 0.717) is 24.7 Å². The SMILES string of the molecule is CNC1CCC(OCc2csc(C(C)C)n2)CC1. The second-order valence-corrected chi connectivity index (χ2v) is 6.29. The van der Waals surface area contributed by atoms with E-state index >= 15 is 0 Å². The van der Waals surface area contributed by atoms with Crippen LogP contribution >= 0.6 is 11.3 Å². The maximum atomic E-state index is 5.97. The number of hydrogen-bond donors (Lipinski definition) is 1. The Morgan fingerprint density at radius 3 is 2.67 bits per heavy atom. The molecule has 0 aliphatic heterocycles. The van der Waals surface area contributed by atoms with Gasteiger partial charge in [-0.2, -0.15) is 0 Å². The Hall–Kier alpha value is -0.450. The lowest BCUT2D eigenvalue weighted by molar-refractivity contribution is 0.0105. The smallest absolute Gasteiger partial charge is 0.0954 e. The third-order valence-corrected chi connectivity index (χ3v) is 4.81. The summed E-state index contributed by atoms with van der Waals surface area (Å²) in [6, 6.07) is 0.691. The van der Waals surface area contributed by atoms with Crippen LogP contribution in [-0.4, -0.2) is 24.2 Å². The van der Waals surface area contributed by atoms with Gasteiger partial charge >= 0.3 is 0 Å². The summed E-state index contributed by atoms with van der Waals surface area (Å²) in [4.78, 5) is 4.61. The molecule has 1 saturated carbocycles. The quantitative estimate of drug-likeness (QED) is 0.889. The number of aromatic nitrogens is 1. The Morgan fingerprint density at radius 2 is 2.11 bits per heavy atom. The van der Waals surface area contributed by atoms with Gasteiger partial charge in [0.05, 0.1) is 23.4 Å². The highest BCUT2D eigenvalue weighted by Gasteiger charge is 2.20. The molecule has 1 N–H and O–H groups in total. The molecule has 1 heterocycles. The monoisotopic (exact) mass is 268 g/mol. The van der Waals surface area contributed by atoms with Crippen LogP contribution in [0.5, 0.6) is 0 Å². The maximum Gasteiger partial charge on any atom is 0.0954 e. The largest absolute Gasteiger partial charge is 0.372 e. The first-order valence-corrected chi connectivity index (χ1v) is 7.80. The van der Waals surface area contributed by atoms with Crippen LogP contribution in [0.3, 0.4) is 0 Å². The van der Waals surface area contributed by atoms with E-state index in [4.69, 9.17) is 4.74 Å². The van der Waals surface area contributed by atoms with Gasteiger partial charge < -0.3 is 10.1 Å². The predicted octanol–water partition coefficient (Wildman–Crippen LogP) is 3.31. The number of thiazole rings is 1. The molecular weight excluding hydrogens is 244 g/mol. The van der Waals surface area contributed by atoms with Gasteiger partial charge in [-0.15, -0.1) is 11.3 Å². The van der Waals surface area contributed by atoms with Crippen LogP contribution in [-0.2, 0) is 11.3 Å². The summed E-state index contributed by atoms with van der Waals surface area (Å²) in [5.74, 6) is 0.523. The molecule has 1 aromatic heterocycles. The van der Waals surface area contributed by atoms with Crippen molar-refractivity contribution in [3.05, 3.63) is 16.1 Å². The standard InChI is InChI=1S/C14H24N2OS/c1-10(2)14-16-12(9-18-14)8-17-13-6-4-11(15-3)5-7-13/h9-11,13,15H,4-8H2,1-3H3. The second-order valence-electron chi connectivity index (χ2n) is 5.41. The molecule has 0 saturated heterocycles. The minimum Gasteiger partial charge on any atom is -0.372 e. The summed E-state index contributed by atoms with van der Waals surface area (Å²) in [5, 5.41) is 6.70. The summed E-state index contributed by atoms with van der Waals surface area (Å²) in [5.41, 5.74) is 1.10. The zero-order valence-electron chi connectivity index (χ0n) is 11.6. The Balaban J connectivity index is 1.74. The molecule has 0 spiro atoms. The molecule has 1 aliphatic rings. The first kappa shape index (κ1) is 14.0. The van der Waals surface area contributed by atoms with Crippen molar-refractivity contribution in [3.8, 4) is 0 Å². The Labute approximate surface area is 114 Å². The van der Waals surface area contributed by atoms with Crippen LogP contribution in [0, 0.1) is 0 Å². The molecular formula is C14H24N2OS. The van der Waals surface area contributed by atoms with Crippen molar-refractivity contribution < 1.29 is 4.74 Å². The molecule has 1 fully saturated rings. The fourth-order valence-electron chi connectivity index (χ4n) is 2.38. The summed E-state index contributed by atoms with van der Waals surface area (Å²) in [6.45, 7) is 5.04. The van der Waals surface area contributed by atoms with Gasteiger partial charge in [0.2, 0.25) is 0 Å². The van der Waals surface area contributed by atoms with Gasteiger partial charge in [0.15, 0.2) is 0 Å². The van der Waals surface area contributed by atoms with Gasteiger partial charge in [0.25, 0.3) is 0 Å². The first-order valence-electron chi connectivity index (χ1n) is 6.92. The number of nitrogens with zero attached hydrogens (tertiary/aromatic N) is 1. The van der Waals surface area contributed by atoms with E-state index in [-0.39, 0.29) is 0 Å². The molecule has 0 radical (unpaired) electrons. The first-order chi connectivity index (χ1) is 8.69. The molecule has 1 aliphatic carbocycles. The Kier molecular flexibility index (Phi) is 5.15. The topological polar surface area (TPSA) is 34.1 Å². The van der Waals surface area contributed by atoms with E-state index in [0.717, 1.165) is 5.69 Å². The summed E-state index contributed by atoms with van der Waals surface area (Å²) in [6.07, 6.45) is 5.24. The molecule has 0 bridgehead atoms. The highest BCUT2D eigenvalue weighted by Crippen LogP contribution is 2.23. The van der Waals surface area contributed by atoms with Gasteiger partial charge in [-0.1, -0.05) is 13.8 Å². The van der Waals surface area contributed by atoms with Gasteiger partial charge in [0.1, 0.15) is 0 Å². The fourth-order valence-corrected chi connectivity index (χ4v) is 3.20. The van der Waals surface area contributed by atoms with Gasteiger partial charge in [-0.3, -0.25) is 0 Å². The predicted molar refractivity (Wildman–Crippen MR) is 76.1 cm³/mol. The number of rotatable bonds is 5. The number of ether oxygens (including phenoxy) is 1. The average Bonchev–Trinajstić information content (AvgIpc) is 2.86. The van der Waals surface area contributed by atoms with Crippen molar-refractivity contribution in [1.82, 2.24) is 10.3 Å². The maximum absolute atomic E-state index is 5.97. The Morgan fingerprint density at radius 1 is 1.39 bits per heavy atom. The summed E-state index contributed by atoms with van der Waals surface area (Å²) < 4.78 is 5.97. The zero-order valence-corrected chi connectivity index (χ0v) is 12.4. The third kappa shape index (κ3) is 3.77. The normalized spacial score (nSPS) is 24.7. The van der Waals surface area contributed by atoms with E-state index in [1.807, 2.05) is 0 Å². The second kappa shape index (κ2) is 6.64. The minimum absolute atomic E-state index is 0.429. The molecule has 2 rings (SSSR count). The van der Waals surface area contributed by atoms with E-state index in [1.54, 1.807) is 11.3 Å². The molecule has 1 aromatic rings. The van der Waals surface area contributed by atoms with E-state index in [2.05, 4.69) is 36.6 Å². The average molecular weight is 268 g/mol. The third-order valence-electron chi connectivity index (χ3n) is 3.61. The Bertz CT molecular complexity index is 356. The fraction of sp³-hybridized carbons (Fsp3) is 0.786. The highest BCUT2D eigenvalue weighted by molar-refractivity contribution is 7.09. The molecule has 4 heteroatoms. The number of hydrogen-bond acceptors (Lipinski definition) is 4. The van der Waals surface area contributed by atoms with Crippen LogP contribution in [0.2, 0.25) is 0 Å². The molecule has 0 atom stereocenters. The van der Waals surface area contributed by atoms with Crippen molar-refractivity contribution in [2.45, 2.75) is 64.2 Å². The van der Waals surface area contributed by atoms with Crippen LogP contribution in [0.15, 0.2) is 5.38 Å². The van der Waals surface area contributed by atoms with Crippen molar-refractivity contribution >= 4 is 11.3 Å². The molecule has 18 heavy (non-hydrogen) atoms. The van der Waals surface area contributed by atoms with Crippen LogP contribution < -0.4 is 5.32 Å².